The maximum Gasteiger partial charge on any atom is 0.238 e. The second-order valence-electron chi connectivity index (χ2n) is 4.15. The number of hydrogen-bond acceptors (Lipinski definition) is 4. The molecular weight excluding hydrogens is 210 g/mol. The molecule has 1 atom stereocenters. The average molecular weight is 227 g/mol. The fourth-order valence-electron chi connectivity index (χ4n) is 2.00. The molecule has 1 unspecified atom stereocenters. The predicted octanol–water partition coefficient (Wildman–Crippen LogP) is 0.0134. The number of carbonyl (C=O) groups excluding carboxylic acids is 2. The number of carbonyl (C=O) groups is 2. The second kappa shape index (κ2) is 4.80. The zero-order chi connectivity index (χ0) is 11.5. The Balaban J connectivity index is 1.76. The van der Waals surface area contributed by atoms with E-state index in [-0.39, 0.29) is 18.0 Å². The van der Waals surface area contributed by atoms with Gasteiger partial charge in [0.05, 0.1) is 0 Å². The summed E-state index contributed by atoms with van der Waals surface area (Å²) in [6.45, 7) is 3.20. The minimum absolute atomic E-state index is 0.0416. The molecule has 0 bridgehead atoms. The summed E-state index contributed by atoms with van der Waals surface area (Å²) in [5, 5.41) is 1.46. The maximum atomic E-state index is 11.4. The highest BCUT2D eigenvalue weighted by atomic mass is 16.7. The molecule has 2 saturated heterocycles. The van der Waals surface area contributed by atoms with Gasteiger partial charge in [0.1, 0.15) is 0 Å². The fourth-order valence-corrected chi connectivity index (χ4v) is 2.00. The Morgan fingerprint density at radius 2 is 1.88 bits per heavy atom. The molecule has 0 aromatic carbocycles. The Hall–Kier alpha value is -1.14. The molecule has 2 aliphatic rings. The topological polar surface area (TPSA) is 61.9 Å². The van der Waals surface area contributed by atoms with Crippen LogP contribution in [0, 0.1) is 0 Å². The molecule has 2 heterocycles. The van der Waals surface area contributed by atoms with Crippen LogP contribution in [0.1, 0.15) is 32.6 Å². The van der Waals surface area contributed by atoms with Gasteiger partial charge in [0.25, 0.3) is 0 Å². The summed E-state index contributed by atoms with van der Waals surface area (Å²) in [7, 11) is 0. The maximum absolute atomic E-state index is 11.4. The largest absolute Gasteiger partial charge is 0.315 e. The number of nitrogens with one attached hydrogen (secondary N) is 1. The van der Waals surface area contributed by atoms with Gasteiger partial charge in [-0.25, -0.2) is 0 Å². The lowest BCUT2D eigenvalue weighted by Crippen LogP contribution is -2.46. The normalized spacial score (nSPS) is 23.3. The van der Waals surface area contributed by atoms with Gasteiger partial charge in [-0.05, 0) is 19.8 Å². The first-order valence-electron chi connectivity index (χ1n) is 5.69. The monoisotopic (exact) mass is 227 g/mol. The Morgan fingerprint density at radius 1 is 1.19 bits per heavy atom. The summed E-state index contributed by atoms with van der Waals surface area (Å²) in [6, 6.07) is 0. The predicted molar refractivity (Wildman–Crippen MR) is 55.6 cm³/mol. The highest BCUT2D eigenvalue weighted by Crippen LogP contribution is 2.14. The molecule has 0 aromatic rings. The number of likely N-dealkylation sites (tertiary alicyclic amines) is 1. The quantitative estimate of drug-likeness (QED) is 0.687. The molecule has 0 spiro atoms. The van der Waals surface area contributed by atoms with Gasteiger partial charge in [0.2, 0.25) is 11.8 Å². The van der Waals surface area contributed by atoms with Crippen molar-refractivity contribution in [2.45, 2.75) is 38.8 Å². The molecule has 1 N–H and O–H groups in total. The van der Waals surface area contributed by atoms with Gasteiger partial charge in [0, 0.05) is 25.9 Å². The minimum Gasteiger partial charge on any atom is -0.315 e. The SMILES string of the molecule is CC(ONN1CCCC1=O)N1CCCC1=O. The summed E-state index contributed by atoms with van der Waals surface area (Å²) in [5.74, 6) is 0.155. The van der Waals surface area contributed by atoms with Crippen LogP contribution in [-0.2, 0) is 14.4 Å². The summed E-state index contributed by atoms with van der Waals surface area (Å²) in [6.07, 6.45) is 2.56. The third-order valence-electron chi connectivity index (χ3n) is 2.96. The third-order valence-corrected chi connectivity index (χ3v) is 2.96. The lowest BCUT2D eigenvalue weighted by atomic mass is 10.4. The summed E-state index contributed by atoms with van der Waals surface area (Å²) in [5.41, 5.74) is 2.62. The number of amides is 2. The van der Waals surface area contributed by atoms with E-state index in [1.165, 1.54) is 5.01 Å². The Morgan fingerprint density at radius 3 is 2.44 bits per heavy atom. The van der Waals surface area contributed by atoms with Gasteiger partial charge in [0.15, 0.2) is 6.23 Å². The Labute approximate surface area is 94.4 Å². The van der Waals surface area contributed by atoms with Crippen molar-refractivity contribution in [1.82, 2.24) is 15.5 Å². The van der Waals surface area contributed by atoms with Crippen molar-refractivity contribution in [2.24, 2.45) is 0 Å². The van der Waals surface area contributed by atoms with E-state index < -0.39 is 0 Å². The lowest BCUT2D eigenvalue weighted by molar-refractivity contribution is -0.177. The summed E-state index contributed by atoms with van der Waals surface area (Å²) < 4.78 is 0. The number of hydrazine groups is 1. The molecule has 6 nitrogen and oxygen atoms in total. The smallest absolute Gasteiger partial charge is 0.238 e. The Bertz CT molecular complexity index is 295. The standard InChI is InChI=1S/C10H17N3O3/c1-8(12-6-2-4-9(12)14)16-11-13-7-3-5-10(13)15/h8,11H,2-7H2,1H3. The van der Waals surface area contributed by atoms with Crippen LogP contribution in [0.5, 0.6) is 0 Å². The van der Waals surface area contributed by atoms with Gasteiger partial charge in [-0.1, -0.05) is 0 Å². The van der Waals surface area contributed by atoms with Crippen LogP contribution >= 0.6 is 0 Å². The second-order valence-corrected chi connectivity index (χ2v) is 4.15. The van der Waals surface area contributed by atoms with Crippen molar-refractivity contribution < 1.29 is 14.4 Å². The summed E-state index contributed by atoms with van der Waals surface area (Å²) >= 11 is 0. The lowest BCUT2D eigenvalue weighted by Gasteiger charge is -2.26. The van der Waals surface area contributed by atoms with Crippen LogP contribution in [-0.4, -0.2) is 41.0 Å². The molecule has 0 aliphatic carbocycles. The van der Waals surface area contributed by atoms with E-state index in [9.17, 15) is 9.59 Å². The van der Waals surface area contributed by atoms with Crippen LogP contribution in [0.15, 0.2) is 0 Å². The molecule has 2 aliphatic heterocycles. The van der Waals surface area contributed by atoms with E-state index in [2.05, 4.69) is 5.59 Å². The van der Waals surface area contributed by atoms with Crippen LogP contribution in [0.4, 0.5) is 0 Å². The fraction of sp³-hybridized carbons (Fsp3) is 0.800. The first kappa shape index (κ1) is 11.3. The van der Waals surface area contributed by atoms with E-state index in [0.717, 1.165) is 19.4 Å². The molecule has 2 rings (SSSR count). The molecule has 0 saturated carbocycles. The van der Waals surface area contributed by atoms with Crippen LogP contribution in [0.2, 0.25) is 0 Å². The first-order chi connectivity index (χ1) is 7.68. The number of hydrogen-bond donors (Lipinski definition) is 1. The highest BCUT2D eigenvalue weighted by Gasteiger charge is 2.27. The van der Waals surface area contributed by atoms with Crippen molar-refractivity contribution >= 4 is 11.8 Å². The summed E-state index contributed by atoms with van der Waals surface area (Å²) in [4.78, 5) is 29.7. The van der Waals surface area contributed by atoms with Gasteiger partial charge < -0.3 is 4.90 Å². The highest BCUT2D eigenvalue weighted by molar-refractivity contribution is 5.78. The van der Waals surface area contributed by atoms with Crippen molar-refractivity contribution in [3.05, 3.63) is 0 Å². The Kier molecular flexibility index (Phi) is 3.40. The molecule has 2 fully saturated rings. The van der Waals surface area contributed by atoms with Crippen LogP contribution < -0.4 is 5.59 Å². The molecule has 2 amide bonds. The van der Waals surface area contributed by atoms with E-state index >= 15 is 0 Å². The van der Waals surface area contributed by atoms with Gasteiger partial charge >= 0.3 is 0 Å². The first-order valence-corrected chi connectivity index (χ1v) is 5.69. The van der Waals surface area contributed by atoms with E-state index in [0.29, 0.717) is 19.4 Å². The third kappa shape index (κ3) is 2.33. The van der Waals surface area contributed by atoms with Crippen molar-refractivity contribution in [2.75, 3.05) is 13.1 Å². The van der Waals surface area contributed by atoms with Gasteiger partial charge in [-0.3, -0.25) is 19.4 Å². The van der Waals surface area contributed by atoms with Crippen molar-refractivity contribution in [1.29, 1.82) is 0 Å². The van der Waals surface area contributed by atoms with Crippen molar-refractivity contribution in [3.8, 4) is 0 Å². The molecular formula is C10H17N3O3. The van der Waals surface area contributed by atoms with Crippen molar-refractivity contribution in [3.63, 3.8) is 0 Å². The van der Waals surface area contributed by atoms with Gasteiger partial charge in [-0.2, -0.15) is 0 Å². The van der Waals surface area contributed by atoms with Crippen LogP contribution in [0.3, 0.4) is 0 Å². The molecule has 6 heteroatoms. The van der Waals surface area contributed by atoms with Gasteiger partial charge in [-0.15, -0.1) is 5.59 Å². The zero-order valence-corrected chi connectivity index (χ0v) is 9.44. The number of rotatable bonds is 4. The molecule has 16 heavy (non-hydrogen) atoms. The van der Waals surface area contributed by atoms with Crippen LogP contribution in [0.25, 0.3) is 0 Å². The number of nitrogens with zero attached hydrogens (tertiary/aromatic N) is 2. The van der Waals surface area contributed by atoms with E-state index in [4.69, 9.17) is 4.84 Å². The molecule has 0 aromatic heterocycles. The molecule has 0 radical (unpaired) electrons. The minimum atomic E-state index is -0.330. The van der Waals surface area contributed by atoms with E-state index in [1.807, 2.05) is 0 Å². The van der Waals surface area contributed by atoms with E-state index in [1.54, 1.807) is 11.8 Å². The average Bonchev–Trinajstić information content (AvgIpc) is 2.84. The molecule has 90 valence electrons. The zero-order valence-electron chi connectivity index (χ0n) is 9.44.